The van der Waals surface area contributed by atoms with Gasteiger partial charge in [-0.25, -0.2) is 0 Å². The van der Waals surface area contributed by atoms with Gasteiger partial charge in [-0.15, -0.1) is 0 Å². The van der Waals surface area contributed by atoms with Gasteiger partial charge >= 0.3 is 0 Å². The molecule has 2 N–H and O–H groups in total. The van der Waals surface area contributed by atoms with Crippen LogP contribution in [0, 0.1) is 5.92 Å². The van der Waals surface area contributed by atoms with Crippen molar-refractivity contribution in [1.29, 1.82) is 0 Å². The Balaban J connectivity index is 1.93. The first-order chi connectivity index (χ1) is 8.72. The minimum absolute atomic E-state index is 0.00842. The molecule has 0 aromatic heterocycles. The number of aliphatic hydroxyl groups excluding tert-OH is 1. The minimum Gasteiger partial charge on any atom is -0.392 e. The molecule has 18 heavy (non-hydrogen) atoms. The fourth-order valence-corrected chi connectivity index (χ4v) is 2.63. The Morgan fingerprint density at radius 2 is 2.06 bits per heavy atom. The highest BCUT2D eigenvalue weighted by atomic mass is 16.3. The predicted octanol–water partition coefficient (Wildman–Crippen LogP) is 2.03. The summed E-state index contributed by atoms with van der Waals surface area (Å²) in [5.41, 5.74) is 2.44. The number of rotatable bonds is 4. The van der Waals surface area contributed by atoms with Gasteiger partial charge in [0.15, 0.2) is 0 Å². The Hall–Kier alpha value is -1.35. The first-order valence-electron chi connectivity index (χ1n) is 6.75. The highest BCUT2D eigenvalue weighted by Crippen LogP contribution is 2.25. The summed E-state index contributed by atoms with van der Waals surface area (Å²) >= 11 is 0. The second-order valence-electron chi connectivity index (χ2n) is 4.94. The number of aryl methyl sites for hydroxylation is 1. The van der Waals surface area contributed by atoms with E-state index in [0.29, 0.717) is 6.54 Å². The van der Waals surface area contributed by atoms with Crippen molar-refractivity contribution in [3.8, 4) is 0 Å². The second kappa shape index (κ2) is 6.01. The lowest BCUT2D eigenvalue weighted by molar-refractivity contribution is -0.127. The van der Waals surface area contributed by atoms with Crippen molar-refractivity contribution in [1.82, 2.24) is 5.32 Å². The molecule has 1 aliphatic rings. The van der Waals surface area contributed by atoms with Gasteiger partial charge < -0.3 is 10.4 Å². The summed E-state index contributed by atoms with van der Waals surface area (Å²) in [6.07, 6.45) is 3.03. The predicted molar refractivity (Wildman–Crippen MR) is 71.0 cm³/mol. The molecule has 0 radical (unpaired) electrons. The van der Waals surface area contributed by atoms with Crippen LogP contribution in [0.15, 0.2) is 24.3 Å². The first kappa shape index (κ1) is 13.1. The summed E-state index contributed by atoms with van der Waals surface area (Å²) in [5.74, 6) is -0.218. The zero-order valence-corrected chi connectivity index (χ0v) is 10.9. The number of benzene rings is 1. The van der Waals surface area contributed by atoms with Crippen molar-refractivity contribution in [3.05, 3.63) is 35.4 Å². The smallest absolute Gasteiger partial charge is 0.225 e. The third-order valence-electron chi connectivity index (χ3n) is 3.77. The molecule has 1 amide bonds. The molecule has 0 aliphatic heterocycles. The SMILES string of the molecule is CCc1ccccc1CNC(=O)C1CCCC1O. The van der Waals surface area contributed by atoms with Crippen LogP contribution in [0.3, 0.4) is 0 Å². The number of amides is 1. The van der Waals surface area contributed by atoms with Gasteiger partial charge in [0.05, 0.1) is 12.0 Å². The third kappa shape index (κ3) is 2.91. The van der Waals surface area contributed by atoms with Crippen molar-refractivity contribution in [3.63, 3.8) is 0 Å². The normalized spacial score (nSPS) is 23.0. The Kier molecular flexibility index (Phi) is 4.37. The van der Waals surface area contributed by atoms with E-state index in [1.165, 1.54) is 11.1 Å². The molecule has 1 aromatic rings. The topological polar surface area (TPSA) is 49.3 Å². The molecule has 1 fully saturated rings. The minimum atomic E-state index is -0.452. The number of hydrogen-bond acceptors (Lipinski definition) is 2. The van der Waals surface area contributed by atoms with Crippen molar-refractivity contribution in [2.24, 2.45) is 5.92 Å². The highest BCUT2D eigenvalue weighted by Gasteiger charge is 2.31. The zero-order valence-electron chi connectivity index (χ0n) is 10.9. The molecule has 2 atom stereocenters. The maximum atomic E-state index is 12.0. The maximum absolute atomic E-state index is 12.0. The molecule has 3 heteroatoms. The lowest BCUT2D eigenvalue weighted by Crippen LogP contribution is -2.34. The molecular weight excluding hydrogens is 226 g/mol. The fourth-order valence-electron chi connectivity index (χ4n) is 2.63. The summed E-state index contributed by atoms with van der Waals surface area (Å²) in [6, 6.07) is 8.14. The van der Waals surface area contributed by atoms with E-state index < -0.39 is 6.10 Å². The van der Waals surface area contributed by atoms with Crippen LogP contribution in [-0.2, 0) is 17.8 Å². The number of carbonyl (C=O) groups excluding carboxylic acids is 1. The van der Waals surface area contributed by atoms with Crippen LogP contribution in [0.1, 0.15) is 37.3 Å². The average molecular weight is 247 g/mol. The molecule has 0 heterocycles. The van der Waals surface area contributed by atoms with Gasteiger partial charge in [-0.05, 0) is 36.8 Å². The molecule has 3 nitrogen and oxygen atoms in total. The first-order valence-corrected chi connectivity index (χ1v) is 6.75. The van der Waals surface area contributed by atoms with Gasteiger partial charge in [-0.1, -0.05) is 31.2 Å². The van der Waals surface area contributed by atoms with Crippen LogP contribution in [0.2, 0.25) is 0 Å². The maximum Gasteiger partial charge on any atom is 0.225 e. The Morgan fingerprint density at radius 3 is 2.67 bits per heavy atom. The van der Waals surface area contributed by atoms with E-state index in [1.807, 2.05) is 18.2 Å². The molecule has 2 rings (SSSR count). The zero-order chi connectivity index (χ0) is 13.0. The Bertz CT molecular complexity index is 417. The molecule has 0 spiro atoms. The van der Waals surface area contributed by atoms with Crippen LogP contribution in [0.5, 0.6) is 0 Å². The molecular formula is C15H21NO2. The van der Waals surface area contributed by atoms with E-state index in [4.69, 9.17) is 0 Å². The van der Waals surface area contributed by atoms with Gasteiger partial charge in [-0.2, -0.15) is 0 Å². The van der Waals surface area contributed by atoms with Crippen LogP contribution in [0.25, 0.3) is 0 Å². The van der Waals surface area contributed by atoms with Crippen molar-refractivity contribution in [2.75, 3.05) is 0 Å². The highest BCUT2D eigenvalue weighted by molar-refractivity contribution is 5.79. The van der Waals surface area contributed by atoms with Crippen LogP contribution >= 0.6 is 0 Å². The number of hydrogen-bond donors (Lipinski definition) is 2. The number of carbonyl (C=O) groups is 1. The lowest BCUT2D eigenvalue weighted by atomic mass is 10.0. The molecule has 1 aliphatic carbocycles. The number of aliphatic hydroxyl groups is 1. The monoisotopic (exact) mass is 247 g/mol. The van der Waals surface area contributed by atoms with Crippen LogP contribution in [-0.4, -0.2) is 17.1 Å². The van der Waals surface area contributed by atoms with E-state index in [1.54, 1.807) is 0 Å². The molecule has 0 bridgehead atoms. The molecule has 2 unspecified atom stereocenters. The summed E-state index contributed by atoms with van der Waals surface area (Å²) < 4.78 is 0. The molecule has 98 valence electrons. The van der Waals surface area contributed by atoms with Crippen molar-refractivity contribution >= 4 is 5.91 Å². The Labute approximate surface area is 108 Å². The third-order valence-corrected chi connectivity index (χ3v) is 3.77. The van der Waals surface area contributed by atoms with Gasteiger partial charge in [0, 0.05) is 6.54 Å². The van der Waals surface area contributed by atoms with E-state index in [-0.39, 0.29) is 11.8 Å². The summed E-state index contributed by atoms with van der Waals surface area (Å²) in [5, 5.41) is 12.6. The average Bonchev–Trinajstić information content (AvgIpc) is 2.82. The largest absolute Gasteiger partial charge is 0.392 e. The van der Waals surface area contributed by atoms with Crippen molar-refractivity contribution in [2.45, 2.75) is 45.3 Å². The van der Waals surface area contributed by atoms with Gasteiger partial charge in [0.2, 0.25) is 5.91 Å². The summed E-state index contributed by atoms with van der Waals surface area (Å²) in [7, 11) is 0. The van der Waals surface area contributed by atoms with E-state index in [9.17, 15) is 9.90 Å². The molecule has 0 saturated heterocycles. The standard InChI is InChI=1S/C15H21NO2/c1-2-11-6-3-4-7-12(11)10-16-15(18)13-8-5-9-14(13)17/h3-4,6-7,13-14,17H,2,5,8-10H2,1H3,(H,16,18). The van der Waals surface area contributed by atoms with Gasteiger partial charge in [0.25, 0.3) is 0 Å². The molecule has 1 aromatic carbocycles. The fraction of sp³-hybridized carbons (Fsp3) is 0.533. The van der Waals surface area contributed by atoms with Crippen LogP contribution < -0.4 is 5.32 Å². The van der Waals surface area contributed by atoms with Crippen molar-refractivity contribution < 1.29 is 9.90 Å². The van der Waals surface area contributed by atoms with Gasteiger partial charge in [0.1, 0.15) is 0 Å². The quantitative estimate of drug-likeness (QED) is 0.855. The summed E-state index contributed by atoms with van der Waals surface area (Å²) in [4.78, 5) is 12.0. The van der Waals surface area contributed by atoms with Gasteiger partial charge in [-0.3, -0.25) is 4.79 Å². The Morgan fingerprint density at radius 1 is 1.33 bits per heavy atom. The second-order valence-corrected chi connectivity index (χ2v) is 4.94. The molecule has 1 saturated carbocycles. The van der Waals surface area contributed by atoms with E-state index in [0.717, 1.165) is 25.7 Å². The number of nitrogens with one attached hydrogen (secondary N) is 1. The van der Waals surface area contributed by atoms with E-state index >= 15 is 0 Å². The summed E-state index contributed by atoms with van der Waals surface area (Å²) in [6.45, 7) is 2.67. The van der Waals surface area contributed by atoms with E-state index in [2.05, 4.69) is 18.3 Å². The lowest BCUT2D eigenvalue weighted by Gasteiger charge is -2.15. The van der Waals surface area contributed by atoms with Crippen LogP contribution in [0.4, 0.5) is 0 Å².